The van der Waals surface area contributed by atoms with Crippen molar-refractivity contribution >= 4 is 56.0 Å². The number of hydrogen-bond acceptors (Lipinski definition) is 7. The molecule has 150 valence electrons. The van der Waals surface area contributed by atoms with E-state index in [-0.39, 0.29) is 5.56 Å². The Morgan fingerprint density at radius 1 is 1.24 bits per heavy atom. The van der Waals surface area contributed by atoms with Gasteiger partial charge >= 0.3 is 5.97 Å². The van der Waals surface area contributed by atoms with Gasteiger partial charge in [0.05, 0.1) is 12.8 Å². The quantitative estimate of drug-likeness (QED) is 0.365. The van der Waals surface area contributed by atoms with Crippen LogP contribution < -0.4 is 10.1 Å². The molecule has 0 bridgehead atoms. The lowest BCUT2D eigenvalue weighted by Crippen LogP contribution is -2.21. The standard InChI is InChI=1S/C20H17BrN2O4S2/c1-26-17-9-14(28-2)6-7-15(17)19(25)27-10-18(24)23-20-22-16(11-29-20)12-4-3-5-13(21)8-12/h3-9,11H,10H2,1-2H3,(H,22,23,24). The van der Waals surface area contributed by atoms with Crippen molar-refractivity contribution in [3.63, 3.8) is 0 Å². The lowest BCUT2D eigenvalue weighted by atomic mass is 10.2. The molecule has 0 unspecified atom stereocenters. The van der Waals surface area contributed by atoms with Crippen LogP contribution in [0.1, 0.15) is 10.4 Å². The molecule has 0 aliphatic rings. The number of benzene rings is 2. The maximum absolute atomic E-state index is 12.3. The number of hydrogen-bond donors (Lipinski definition) is 1. The van der Waals surface area contributed by atoms with E-state index in [0.29, 0.717) is 10.9 Å². The fourth-order valence-electron chi connectivity index (χ4n) is 2.44. The summed E-state index contributed by atoms with van der Waals surface area (Å²) >= 11 is 6.26. The van der Waals surface area contributed by atoms with Gasteiger partial charge in [-0.2, -0.15) is 0 Å². The zero-order valence-electron chi connectivity index (χ0n) is 15.6. The number of amides is 1. The molecule has 2 aromatic carbocycles. The fraction of sp³-hybridized carbons (Fsp3) is 0.150. The van der Waals surface area contributed by atoms with Crippen LogP contribution in [0.4, 0.5) is 5.13 Å². The van der Waals surface area contributed by atoms with E-state index in [1.165, 1.54) is 30.2 Å². The first-order chi connectivity index (χ1) is 14.0. The second kappa shape index (κ2) is 9.91. The second-order valence-electron chi connectivity index (χ2n) is 5.74. The Hall–Kier alpha value is -2.36. The summed E-state index contributed by atoms with van der Waals surface area (Å²) in [5, 5.41) is 4.93. The number of thioether (sulfide) groups is 1. The van der Waals surface area contributed by atoms with Gasteiger partial charge in [0.2, 0.25) is 0 Å². The van der Waals surface area contributed by atoms with Crippen molar-refractivity contribution in [2.75, 3.05) is 25.3 Å². The number of aromatic nitrogens is 1. The van der Waals surface area contributed by atoms with Crippen LogP contribution in [0.25, 0.3) is 11.3 Å². The third-order valence-electron chi connectivity index (χ3n) is 3.83. The van der Waals surface area contributed by atoms with Gasteiger partial charge in [0, 0.05) is 20.3 Å². The molecule has 0 saturated heterocycles. The zero-order chi connectivity index (χ0) is 20.8. The van der Waals surface area contributed by atoms with Crippen molar-refractivity contribution in [3.05, 3.63) is 57.9 Å². The maximum atomic E-state index is 12.3. The summed E-state index contributed by atoms with van der Waals surface area (Å²) in [4.78, 5) is 29.8. The highest BCUT2D eigenvalue weighted by Crippen LogP contribution is 2.27. The molecule has 0 aliphatic carbocycles. The Labute approximate surface area is 184 Å². The molecule has 3 rings (SSSR count). The summed E-state index contributed by atoms with van der Waals surface area (Å²) in [6, 6.07) is 12.9. The van der Waals surface area contributed by atoms with Crippen LogP contribution in [0.5, 0.6) is 5.75 Å². The van der Waals surface area contributed by atoms with Gasteiger partial charge in [-0.15, -0.1) is 23.1 Å². The molecule has 1 N–H and O–H groups in total. The van der Waals surface area contributed by atoms with Crippen molar-refractivity contribution in [1.82, 2.24) is 4.98 Å². The lowest BCUT2D eigenvalue weighted by Gasteiger charge is -2.09. The number of methoxy groups -OCH3 is 1. The number of carbonyl (C=O) groups is 2. The number of ether oxygens (including phenoxy) is 2. The third kappa shape index (κ3) is 5.59. The molecule has 1 amide bonds. The fourth-order valence-corrected chi connectivity index (χ4v) is 4.01. The number of carbonyl (C=O) groups excluding carboxylic acids is 2. The average Bonchev–Trinajstić information content (AvgIpc) is 3.20. The van der Waals surface area contributed by atoms with Crippen LogP contribution in [0, 0.1) is 0 Å². The van der Waals surface area contributed by atoms with Crippen LogP contribution in [-0.2, 0) is 9.53 Å². The summed E-state index contributed by atoms with van der Waals surface area (Å²) in [6.45, 7) is -0.419. The minimum Gasteiger partial charge on any atom is -0.496 e. The molecule has 0 fully saturated rings. The Kier molecular flexibility index (Phi) is 7.29. The highest BCUT2D eigenvalue weighted by molar-refractivity contribution is 9.10. The molecular formula is C20H17BrN2O4S2. The molecule has 1 heterocycles. The molecule has 0 aliphatic heterocycles. The Morgan fingerprint density at radius 2 is 2.07 bits per heavy atom. The monoisotopic (exact) mass is 492 g/mol. The van der Waals surface area contributed by atoms with E-state index in [1.54, 1.807) is 18.2 Å². The molecule has 0 radical (unpaired) electrons. The van der Waals surface area contributed by atoms with Crippen LogP contribution >= 0.6 is 39.0 Å². The van der Waals surface area contributed by atoms with Gasteiger partial charge in [-0.1, -0.05) is 28.1 Å². The normalized spacial score (nSPS) is 10.4. The van der Waals surface area contributed by atoms with Crippen molar-refractivity contribution in [2.24, 2.45) is 0 Å². The summed E-state index contributed by atoms with van der Waals surface area (Å²) in [6.07, 6.45) is 1.93. The molecule has 0 saturated carbocycles. The molecule has 3 aromatic rings. The van der Waals surface area contributed by atoms with E-state index in [4.69, 9.17) is 9.47 Å². The summed E-state index contributed by atoms with van der Waals surface area (Å²) in [5.41, 5.74) is 1.95. The van der Waals surface area contributed by atoms with E-state index in [2.05, 4.69) is 26.2 Å². The number of nitrogens with zero attached hydrogens (tertiary/aromatic N) is 1. The van der Waals surface area contributed by atoms with Crippen LogP contribution in [-0.4, -0.2) is 36.8 Å². The van der Waals surface area contributed by atoms with Gasteiger partial charge in [0.15, 0.2) is 11.7 Å². The van der Waals surface area contributed by atoms with Gasteiger partial charge in [-0.25, -0.2) is 9.78 Å². The minimum absolute atomic E-state index is 0.268. The SMILES string of the molecule is COc1cc(SC)ccc1C(=O)OCC(=O)Nc1nc(-c2cccc(Br)c2)cs1. The van der Waals surface area contributed by atoms with E-state index in [1.807, 2.05) is 35.9 Å². The molecule has 1 aromatic heterocycles. The smallest absolute Gasteiger partial charge is 0.342 e. The molecule has 29 heavy (non-hydrogen) atoms. The molecule has 0 atom stereocenters. The highest BCUT2D eigenvalue weighted by Gasteiger charge is 2.16. The predicted octanol–water partition coefficient (Wildman–Crippen LogP) is 5.10. The number of rotatable bonds is 7. The molecule has 0 spiro atoms. The van der Waals surface area contributed by atoms with Crippen LogP contribution in [0.15, 0.2) is 57.2 Å². The number of esters is 1. The predicted molar refractivity (Wildman–Crippen MR) is 119 cm³/mol. The minimum atomic E-state index is -0.626. The second-order valence-corrected chi connectivity index (χ2v) is 8.39. The molecular weight excluding hydrogens is 476 g/mol. The first kappa shape index (κ1) is 21.4. The number of thiazole rings is 1. The van der Waals surface area contributed by atoms with Crippen molar-refractivity contribution in [3.8, 4) is 17.0 Å². The van der Waals surface area contributed by atoms with Gasteiger partial charge in [0.1, 0.15) is 11.3 Å². The summed E-state index contributed by atoms with van der Waals surface area (Å²) in [5.74, 6) is -0.687. The largest absolute Gasteiger partial charge is 0.496 e. The first-order valence-corrected chi connectivity index (χ1v) is 11.3. The Bertz CT molecular complexity index is 1040. The van der Waals surface area contributed by atoms with E-state index >= 15 is 0 Å². The van der Waals surface area contributed by atoms with Crippen molar-refractivity contribution < 1.29 is 19.1 Å². The Balaban J connectivity index is 1.58. The first-order valence-electron chi connectivity index (χ1n) is 8.40. The van der Waals surface area contributed by atoms with Gasteiger partial charge in [-0.05, 0) is 36.6 Å². The van der Waals surface area contributed by atoms with Gasteiger partial charge < -0.3 is 9.47 Å². The average molecular weight is 493 g/mol. The summed E-state index contributed by atoms with van der Waals surface area (Å²) < 4.78 is 11.3. The van der Waals surface area contributed by atoms with Crippen molar-refractivity contribution in [2.45, 2.75) is 4.90 Å². The van der Waals surface area contributed by atoms with Gasteiger partial charge in [-0.3, -0.25) is 10.1 Å². The highest BCUT2D eigenvalue weighted by atomic mass is 79.9. The zero-order valence-corrected chi connectivity index (χ0v) is 18.8. The third-order valence-corrected chi connectivity index (χ3v) is 5.81. The van der Waals surface area contributed by atoms with Gasteiger partial charge in [0.25, 0.3) is 5.91 Å². The van der Waals surface area contributed by atoms with Crippen LogP contribution in [0.3, 0.4) is 0 Å². The van der Waals surface area contributed by atoms with Crippen molar-refractivity contribution in [1.29, 1.82) is 0 Å². The van der Waals surface area contributed by atoms with E-state index in [0.717, 1.165) is 20.6 Å². The maximum Gasteiger partial charge on any atom is 0.342 e. The van der Waals surface area contributed by atoms with E-state index in [9.17, 15) is 9.59 Å². The Morgan fingerprint density at radius 3 is 2.79 bits per heavy atom. The number of anilines is 1. The van der Waals surface area contributed by atoms with Crippen LogP contribution in [0.2, 0.25) is 0 Å². The number of halogens is 1. The topological polar surface area (TPSA) is 77.5 Å². The lowest BCUT2D eigenvalue weighted by molar-refractivity contribution is -0.119. The van der Waals surface area contributed by atoms with E-state index < -0.39 is 18.5 Å². The number of nitrogens with one attached hydrogen (secondary N) is 1. The molecule has 9 heteroatoms. The molecule has 6 nitrogen and oxygen atoms in total. The summed E-state index contributed by atoms with van der Waals surface area (Å²) in [7, 11) is 1.48.